The van der Waals surface area contributed by atoms with E-state index in [4.69, 9.17) is 4.74 Å². The van der Waals surface area contributed by atoms with E-state index < -0.39 is 29.3 Å². The summed E-state index contributed by atoms with van der Waals surface area (Å²) in [6, 6.07) is 16.7. The van der Waals surface area contributed by atoms with Gasteiger partial charge >= 0.3 is 0 Å². The number of ether oxygens (including phenoxy) is 1. The lowest BCUT2D eigenvalue weighted by atomic mass is 10.1. The topological polar surface area (TPSA) is 38.3 Å². The Bertz CT molecular complexity index is 891. The summed E-state index contributed by atoms with van der Waals surface area (Å²) in [5.41, 5.74) is -0.465. The standard InChI is InChI=1S/C20H17F2NO2/c1-2-18(20(24)23-19-16(21)8-5-9-17(19)22)25-15-11-10-13-6-3-4-7-14(13)12-15/h3-12,18H,2H2,1H3,(H,23,24)/t18-/m0/s1. The molecular weight excluding hydrogens is 324 g/mol. The number of halogens is 2. The Morgan fingerprint density at radius 1 is 1.00 bits per heavy atom. The highest BCUT2D eigenvalue weighted by molar-refractivity contribution is 5.94. The Morgan fingerprint density at radius 2 is 1.68 bits per heavy atom. The Labute approximate surface area is 144 Å². The first-order valence-electron chi connectivity index (χ1n) is 7.99. The van der Waals surface area contributed by atoms with Crippen molar-refractivity contribution >= 4 is 22.4 Å². The number of carbonyl (C=O) groups excluding carboxylic acids is 1. The van der Waals surface area contributed by atoms with E-state index in [0.717, 1.165) is 22.9 Å². The molecule has 25 heavy (non-hydrogen) atoms. The van der Waals surface area contributed by atoms with Crippen molar-refractivity contribution in [2.75, 3.05) is 5.32 Å². The number of carbonyl (C=O) groups is 1. The molecule has 128 valence electrons. The summed E-state index contributed by atoms with van der Waals surface area (Å²) in [5.74, 6) is -1.72. The molecule has 0 saturated heterocycles. The van der Waals surface area contributed by atoms with Crippen LogP contribution >= 0.6 is 0 Å². The fourth-order valence-corrected chi connectivity index (χ4v) is 2.55. The molecular formula is C20H17F2NO2. The molecule has 0 spiro atoms. The van der Waals surface area contributed by atoms with Gasteiger partial charge in [-0.1, -0.05) is 43.3 Å². The first kappa shape index (κ1) is 16.9. The molecule has 0 unspecified atom stereocenters. The van der Waals surface area contributed by atoms with E-state index in [1.54, 1.807) is 13.0 Å². The highest BCUT2D eigenvalue weighted by atomic mass is 19.1. The number of para-hydroxylation sites is 1. The normalized spacial score (nSPS) is 12.0. The average Bonchev–Trinajstić information content (AvgIpc) is 2.62. The maximum absolute atomic E-state index is 13.7. The first-order chi connectivity index (χ1) is 12.1. The quantitative estimate of drug-likeness (QED) is 0.716. The third-order valence-corrected chi connectivity index (χ3v) is 3.87. The Hall–Kier alpha value is -2.95. The summed E-state index contributed by atoms with van der Waals surface area (Å²) < 4.78 is 33.1. The van der Waals surface area contributed by atoms with Crippen LogP contribution in [-0.4, -0.2) is 12.0 Å². The van der Waals surface area contributed by atoms with Crippen molar-refractivity contribution in [1.82, 2.24) is 0 Å². The van der Waals surface area contributed by atoms with Gasteiger partial charge in [0.2, 0.25) is 0 Å². The van der Waals surface area contributed by atoms with E-state index >= 15 is 0 Å². The largest absolute Gasteiger partial charge is 0.481 e. The van der Waals surface area contributed by atoms with Gasteiger partial charge in [-0.15, -0.1) is 0 Å². The lowest BCUT2D eigenvalue weighted by molar-refractivity contribution is -0.122. The van der Waals surface area contributed by atoms with Crippen molar-refractivity contribution in [3.63, 3.8) is 0 Å². The average molecular weight is 341 g/mol. The van der Waals surface area contributed by atoms with Crippen LogP contribution in [0.15, 0.2) is 60.7 Å². The predicted molar refractivity (Wildman–Crippen MR) is 93.6 cm³/mol. The number of anilines is 1. The van der Waals surface area contributed by atoms with Gasteiger partial charge in [0.15, 0.2) is 6.10 Å². The SMILES string of the molecule is CC[C@H](Oc1ccc2ccccc2c1)C(=O)Nc1c(F)cccc1F. The van der Waals surface area contributed by atoms with E-state index in [2.05, 4.69) is 5.32 Å². The van der Waals surface area contributed by atoms with Crippen LogP contribution in [0.4, 0.5) is 14.5 Å². The highest BCUT2D eigenvalue weighted by Crippen LogP contribution is 2.23. The van der Waals surface area contributed by atoms with Gasteiger partial charge in [-0.3, -0.25) is 4.79 Å². The summed E-state index contributed by atoms with van der Waals surface area (Å²) in [5, 5.41) is 4.31. The minimum absolute atomic E-state index is 0.356. The molecule has 0 aliphatic rings. The van der Waals surface area contributed by atoms with E-state index in [1.807, 2.05) is 36.4 Å². The first-order valence-corrected chi connectivity index (χ1v) is 7.99. The molecule has 3 aromatic rings. The van der Waals surface area contributed by atoms with Crippen LogP contribution < -0.4 is 10.1 Å². The van der Waals surface area contributed by atoms with Gasteiger partial charge in [-0.2, -0.15) is 0 Å². The number of nitrogens with one attached hydrogen (secondary N) is 1. The van der Waals surface area contributed by atoms with Crippen molar-refractivity contribution in [3.8, 4) is 5.75 Å². The van der Waals surface area contributed by atoms with Crippen LogP contribution in [0.25, 0.3) is 10.8 Å². The molecule has 0 aromatic heterocycles. The van der Waals surface area contributed by atoms with Crippen molar-refractivity contribution in [2.24, 2.45) is 0 Å². The smallest absolute Gasteiger partial charge is 0.265 e. The Balaban J connectivity index is 1.78. The van der Waals surface area contributed by atoms with Crippen LogP contribution in [0.3, 0.4) is 0 Å². The maximum Gasteiger partial charge on any atom is 0.265 e. The molecule has 0 aliphatic carbocycles. The molecule has 0 aliphatic heterocycles. The second kappa shape index (κ2) is 7.30. The predicted octanol–water partition coefficient (Wildman–Crippen LogP) is 4.91. The zero-order valence-corrected chi connectivity index (χ0v) is 13.6. The van der Waals surface area contributed by atoms with Crippen molar-refractivity contribution in [3.05, 3.63) is 72.3 Å². The molecule has 3 rings (SSSR count). The Morgan fingerprint density at radius 3 is 2.36 bits per heavy atom. The summed E-state index contributed by atoms with van der Waals surface area (Å²) in [6.45, 7) is 1.77. The molecule has 3 aromatic carbocycles. The van der Waals surface area contributed by atoms with E-state index in [0.29, 0.717) is 12.2 Å². The van der Waals surface area contributed by atoms with Crippen LogP contribution in [0.1, 0.15) is 13.3 Å². The number of rotatable bonds is 5. The fraction of sp³-hybridized carbons (Fsp3) is 0.150. The molecule has 3 nitrogen and oxygen atoms in total. The molecule has 5 heteroatoms. The third-order valence-electron chi connectivity index (χ3n) is 3.87. The number of hydrogen-bond acceptors (Lipinski definition) is 2. The zero-order valence-electron chi connectivity index (χ0n) is 13.6. The molecule has 0 bridgehead atoms. The summed E-state index contributed by atoms with van der Waals surface area (Å²) in [7, 11) is 0. The Kier molecular flexibility index (Phi) is 4.93. The fourth-order valence-electron chi connectivity index (χ4n) is 2.55. The number of amides is 1. The van der Waals surface area contributed by atoms with Gasteiger partial charge in [0, 0.05) is 0 Å². The van der Waals surface area contributed by atoms with Crippen molar-refractivity contribution in [1.29, 1.82) is 0 Å². The zero-order chi connectivity index (χ0) is 17.8. The monoisotopic (exact) mass is 341 g/mol. The van der Waals surface area contributed by atoms with Gasteiger partial charge < -0.3 is 10.1 Å². The van der Waals surface area contributed by atoms with Crippen molar-refractivity contribution in [2.45, 2.75) is 19.4 Å². The van der Waals surface area contributed by atoms with Gasteiger partial charge in [-0.05, 0) is 41.5 Å². The lowest BCUT2D eigenvalue weighted by Crippen LogP contribution is -2.33. The van der Waals surface area contributed by atoms with Crippen molar-refractivity contribution < 1.29 is 18.3 Å². The molecule has 1 amide bonds. The maximum atomic E-state index is 13.7. The molecule has 0 radical (unpaired) electrons. The van der Waals surface area contributed by atoms with Crippen LogP contribution in [0, 0.1) is 11.6 Å². The number of fused-ring (bicyclic) bond motifs is 1. The number of hydrogen-bond donors (Lipinski definition) is 1. The van der Waals surface area contributed by atoms with Gasteiger partial charge in [-0.25, -0.2) is 8.78 Å². The van der Waals surface area contributed by atoms with E-state index in [-0.39, 0.29) is 0 Å². The minimum atomic E-state index is -0.861. The van der Waals surface area contributed by atoms with Gasteiger partial charge in [0.05, 0.1) is 0 Å². The highest BCUT2D eigenvalue weighted by Gasteiger charge is 2.21. The van der Waals surface area contributed by atoms with E-state index in [1.165, 1.54) is 6.07 Å². The van der Waals surface area contributed by atoms with Crippen LogP contribution in [-0.2, 0) is 4.79 Å². The molecule has 1 atom stereocenters. The van der Waals surface area contributed by atoms with Gasteiger partial charge in [0.1, 0.15) is 23.1 Å². The minimum Gasteiger partial charge on any atom is -0.481 e. The number of benzene rings is 3. The van der Waals surface area contributed by atoms with E-state index in [9.17, 15) is 13.6 Å². The molecule has 0 fully saturated rings. The lowest BCUT2D eigenvalue weighted by Gasteiger charge is -2.18. The molecule has 1 N–H and O–H groups in total. The summed E-state index contributed by atoms with van der Waals surface area (Å²) in [6.07, 6.45) is -0.505. The second-order valence-corrected chi connectivity index (χ2v) is 5.61. The van der Waals surface area contributed by atoms with Crippen LogP contribution in [0.5, 0.6) is 5.75 Å². The van der Waals surface area contributed by atoms with Crippen LogP contribution in [0.2, 0.25) is 0 Å². The molecule has 0 saturated carbocycles. The van der Waals surface area contributed by atoms with Gasteiger partial charge in [0.25, 0.3) is 5.91 Å². The summed E-state index contributed by atoms with van der Waals surface area (Å²) >= 11 is 0. The second-order valence-electron chi connectivity index (χ2n) is 5.61. The summed E-state index contributed by atoms with van der Waals surface area (Å²) in [4.78, 5) is 12.3. The third kappa shape index (κ3) is 3.76. The molecule has 0 heterocycles.